The van der Waals surface area contributed by atoms with Crippen molar-refractivity contribution in [2.75, 3.05) is 5.75 Å². The zero-order valence-electron chi connectivity index (χ0n) is 9.25. The van der Waals surface area contributed by atoms with Crippen molar-refractivity contribution < 1.29 is 19.5 Å². The second kappa shape index (κ2) is 6.60. The fourth-order valence-electron chi connectivity index (χ4n) is 1.08. The van der Waals surface area contributed by atoms with Crippen molar-refractivity contribution >= 4 is 29.7 Å². The van der Waals surface area contributed by atoms with Gasteiger partial charge >= 0.3 is 12.0 Å². The van der Waals surface area contributed by atoms with Crippen LogP contribution in [0.15, 0.2) is 23.2 Å². The Balaban J connectivity index is 2.44. The molecule has 0 saturated heterocycles. The molecule has 1 aromatic heterocycles. The Kier molecular flexibility index (Phi) is 5.12. The maximum absolute atomic E-state index is 11.1. The number of rotatable bonds is 5. The van der Waals surface area contributed by atoms with Crippen LogP contribution in [0.3, 0.4) is 0 Å². The quantitative estimate of drug-likeness (QED) is 0.667. The summed E-state index contributed by atoms with van der Waals surface area (Å²) in [5.41, 5.74) is 4.72. The van der Waals surface area contributed by atoms with Gasteiger partial charge in [-0.2, -0.15) is 0 Å². The van der Waals surface area contributed by atoms with Gasteiger partial charge in [0.05, 0.1) is 0 Å². The lowest BCUT2D eigenvalue weighted by Crippen LogP contribution is -2.35. The van der Waals surface area contributed by atoms with Crippen LogP contribution in [0.2, 0.25) is 0 Å². The molecule has 7 nitrogen and oxygen atoms in total. The van der Waals surface area contributed by atoms with Gasteiger partial charge in [0.2, 0.25) is 5.91 Å². The number of urea groups is 1. The summed E-state index contributed by atoms with van der Waals surface area (Å²) in [5.74, 6) is -1.17. The molecular weight excluding hydrogens is 258 g/mol. The largest absolute Gasteiger partial charge is 0.477 e. The van der Waals surface area contributed by atoms with E-state index in [0.717, 1.165) is 0 Å². The van der Waals surface area contributed by atoms with E-state index in [4.69, 9.17) is 10.8 Å². The van der Waals surface area contributed by atoms with Crippen LogP contribution >= 0.6 is 11.8 Å². The number of aromatic carboxylic acids is 1. The summed E-state index contributed by atoms with van der Waals surface area (Å²) in [5, 5.41) is 10.7. The average Bonchev–Trinajstić information content (AvgIpc) is 2.28. The number of primary amides is 1. The van der Waals surface area contributed by atoms with Crippen molar-refractivity contribution in [1.29, 1.82) is 0 Å². The highest BCUT2D eigenvalue weighted by molar-refractivity contribution is 7.99. The minimum atomic E-state index is -1.11. The molecular formula is C10H11N3O4S. The molecule has 0 aromatic carbocycles. The summed E-state index contributed by atoms with van der Waals surface area (Å²) >= 11 is 1.29. The molecule has 0 aliphatic rings. The smallest absolute Gasteiger partial charge is 0.354 e. The topological polar surface area (TPSA) is 122 Å². The first-order valence-electron chi connectivity index (χ1n) is 4.90. The first-order valence-corrected chi connectivity index (χ1v) is 5.89. The Morgan fingerprint density at radius 3 is 2.78 bits per heavy atom. The molecule has 18 heavy (non-hydrogen) atoms. The number of carboxylic acids is 1. The summed E-state index contributed by atoms with van der Waals surface area (Å²) in [6, 6.07) is 2.17. The Bertz CT molecular complexity index is 478. The number of carbonyl (C=O) groups is 3. The number of imide groups is 1. The zero-order valence-corrected chi connectivity index (χ0v) is 10.1. The van der Waals surface area contributed by atoms with E-state index < -0.39 is 17.9 Å². The third-order valence-corrected chi connectivity index (χ3v) is 2.81. The standard InChI is InChI=1S/C10H11N3O4S/c11-10(17)13-8(14)2-4-18-6-1-3-12-7(5-6)9(15)16/h1,3,5H,2,4H2,(H,15,16)(H3,11,13,14,17). The molecule has 0 fully saturated rings. The predicted molar refractivity (Wildman–Crippen MR) is 64.3 cm³/mol. The predicted octanol–water partition coefficient (Wildman–Crippen LogP) is 0.457. The molecule has 0 atom stereocenters. The van der Waals surface area contributed by atoms with E-state index >= 15 is 0 Å². The van der Waals surface area contributed by atoms with Crippen LogP contribution in [0.4, 0.5) is 4.79 Å². The first kappa shape index (κ1) is 14.0. The van der Waals surface area contributed by atoms with Gasteiger partial charge in [-0.05, 0) is 12.1 Å². The number of aromatic nitrogens is 1. The van der Waals surface area contributed by atoms with E-state index in [1.165, 1.54) is 24.0 Å². The summed E-state index contributed by atoms with van der Waals surface area (Å²) in [6.07, 6.45) is 1.49. The molecule has 0 aliphatic carbocycles. The maximum Gasteiger partial charge on any atom is 0.354 e. The van der Waals surface area contributed by atoms with E-state index in [1.54, 1.807) is 6.07 Å². The third-order valence-electron chi connectivity index (χ3n) is 1.81. The maximum atomic E-state index is 11.1. The minimum Gasteiger partial charge on any atom is -0.477 e. The number of thioether (sulfide) groups is 1. The number of nitrogens with zero attached hydrogens (tertiary/aromatic N) is 1. The lowest BCUT2D eigenvalue weighted by atomic mass is 10.3. The molecule has 0 spiro atoms. The van der Waals surface area contributed by atoms with Crippen molar-refractivity contribution in [2.45, 2.75) is 11.3 Å². The van der Waals surface area contributed by atoms with Crippen LogP contribution in [-0.2, 0) is 4.79 Å². The second-order valence-electron chi connectivity index (χ2n) is 3.19. The van der Waals surface area contributed by atoms with Crippen LogP contribution in [-0.4, -0.2) is 33.8 Å². The number of carbonyl (C=O) groups excluding carboxylic acids is 2. The number of nitrogens with one attached hydrogen (secondary N) is 1. The van der Waals surface area contributed by atoms with Crippen molar-refractivity contribution in [3.8, 4) is 0 Å². The second-order valence-corrected chi connectivity index (χ2v) is 4.36. The number of pyridine rings is 1. The van der Waals surface area contributed by atoms with E-state index in [9.17, 15) is 14.4 Å². The van der Waals surface area contributed by atoms with Crippen molar-refractivity contribution in [3.63, 3.8) is 0 Å². The van der Waals surface area contributed by atoms with E-state index in [1.807, 2.05) is 5.32 Å². The van der Waals surface area contributed by atoms with E-state index in [0.29, 0.717) is 10.6 Å². The molecule has 4 N–H and O–H groups in total. The van der Waals surface area contributed by atoms with Gasteiger partial charge in [-0.15, -0.1) is 11.8 Å². The van der Waals surface area contributed by atoms with Crippen LogP contribution in [0, 0.1) is 0 Å². The Hall–Kier alpha value is -2.09. The normalized spacial score (nSPS) is 9.78. The van der Waals surface area contributed by atoms with Crippen LogP contribution in [0.5, 0.6) is 0 Å². The molecule has 1 aromatic rings. The Morgan fingerprint density at radius 1 is 1.44 bits per heavy atom. The Labute approximate surface area is 107 Å². The number of hydrogen-bond donors (Lipinski definition) is 3. The zero-order chi connectivity index (χ0) is 13.5. The number of hydrogen-bond acceptors (Lipinski definition) is 5. The van der Waals surface area contributed by atoms with Gasteiger partial charge in [0.25, 0.3) is 0 Å². The molecule has 1 heterocycles. The van der Waals surface area contributed by atoms with Gasteiger partial charge < -0.3 is 10.8 Å². The van der Waals surface area contributed by atoms with Gasteiger partial charge in [0.1, 0.15) is 5.69 Å². The molecule has 0 saturated carbocycles. The molecule has 0 radical (unpaired) electrons. The fourth-order valence-corrected chi connectivity index (χ4v) is 1.95. The lowest BCUT2D eigenvalue weighted by molar-refractivity contribution is -0.119. The van der Waals surface area contributed by atoms with Crippen LogP contribution < -0.4 is 11.1 Å². The highest BCUT2D eigenvalue weighted by Crippen LogP contribution is 2.18. The van der Waals surface area contributed by atoms with E-state index in [2.05, 4.69) is 4.98 Å². The van der Waals surface area contributed by atoms with Crippen LogP contribution in [0.1, 0.15) is 16.9 Å². The minimum absolute atomic E-state index is 0.0541. The summed E-state index contributed by atoms with van der Waals surface area (Å²) in [6.45, 7) is 0. The Morgan fingerprint density at radius 2 is 2.17 bits per heavy atom. The SMILES string of the molecule is NC(=O)NC(=O)CCSc1ccnc(C(=O)O)c1. The highest BCUT2D eigenvalue weighted by Gasteiger charge is 2.07. The van der Waals surface area contributed by atoms with Crippen molar-refractivity contribution in [3.05, 3.63) is 24.0 Å². The number of carboxylic acid groups (broad SMARTS) is 1. The van der Waals surface area contributed by atoms with Gasteiger partial charge in [-0.3, -0.25) is 10.1 Å². The van der Waals surface area contributed by atoms with Gasteiger partial charge in [0, 0.05) is 23.3 Å². The molecule has 8 heteroatoms. The molecule has 0 unspecified atom stereocenters. The number of amides is 3. The highest BCUT2D eigenvalue weighted by atomic mass is 32.2. The number of nitrogens with two attached hydrogens (primary N) is 1. The third kappa shape index (κ3) is 4.83. The molecule has 3 amide bonds. The first-order chi connectivity index (χ1) is 8.49. The summed E-state index contributed by atoms with van der Waals surface area (Å²) in [7, 11) is 0. The fraction of sp³-hybridized carbons (Fsp3) is 0.200. The van der Waals surface area contributed by atoms with Crippen LogP contribution in [0.25, 0.3) is 0 Å². The average molecular weight is 269 g/mol. The molecule has 0 aliphatic heterocycles. The van der Waals surface area contributed by atoms with E-state index in [-0.39, 0.29) is 12.1 Å². The summed E-state index contributed by atoms with van der Waals surface area (Å²) < 4.78 is 0. The monoisotopic (exact) mass is 269 g/mol. The lowest BCUT2D eigenvalue weighted by Gasteiger charge is -2.02. The van der Waals surface area contributed by atoms with Crippen molar-refractivity contribution in [1.82, 2.24) is 10.3 Å². The van der Waals surface area contributed by atoms with Gasteiger partial charge in [-0.25, -0.2) is 14.6 Å². The van der Waals surface area contributed by atoms with Crippen molar-refractivity contribution in [2.24, 2.45) is 5.73 Å². The summed E-state index contributed by atoms with van der Waals surface area (Å²) in [4.78, 5) is 36.5. The molecule has 1 rings (SSSR count). The van der Waals surface area contributed by atoms with Gasteiger partial charge in [-0.1, -0.05) is 0 Å². The molecule has 96 valence electrons. The molecule has 0 bridgehead atoms. The van der Waals surface area contributed by atoms with Gasteiger partial charge in [0.15, 0.2) is 0 Å².